The maximum absolute atomic E-state index is 5.09. The fraction of sp³-hybridized carbons (Fsp3) is 0.0638. The molecule has 0 saturated carbocycles. The zero-order valence-corrected chi connectivity index (χ0v) is 27.6. The minimum atomic E-state index is -0.0969. The summed E-state index contributed by atoms with van der Waals surface area (Å²) in [5.41, 5.74) is 15.1. The van der Waals surface area contributed by atoms with E-state index in [1.54, 1.807) is 0 Å². The molecule has 0 N–H and O–H groups in total. The van der Waals surface area contributed by atoms with Gasteiger partial charge in [-0.05, 0) is 79.5 Å². The molecule has 0 spiro atoms. The van der Waals surface area contributed by atoms with Gasteiger partial charge in [0.25, 0.3) is 0 Å². The molecule has 1 aromatic heterocycles. The second-order valence-corrected chi connectivity index (χ2v) is 13.4. The largest absolute Gasteiger partial charge is 0.228 e. The first kappa shape index (κ1) is 29.1. The van der Waals surface area contributed by atoms with Crippen molar-refractivity contribution in [3.05, 3.63) is 181 Å². The number of benzene rings is 7. The van der Waals surface area contributed by atoms with E-state index in [0.29, 0.717) is 5.82 Å². The summed E-state index contributed by atoms with van der Waals surface area (Å²) in [5.74, 6) is 0.712. The van der Waals surface area contributed by atoms with Crippen LogP contribution in [0.5, 0.6) is 0 Å². The molecule has 0 radical (unpaired) electrons. The average Bonchev–Trinajstić information content (AvgIpc) is 3.42. The standard InChI is InChI=1S/C47H34N2/c1-47(2)41-26-12-11-25-39(41)44-40(29-36-19-9-10-24-38(36)45(44)47)35-22-13-20-33(27-35)34-21-14-23-37(28-34)46-48-42(31-15-5-3-6-16-31)30-43(49-46)32-17-7-4-8-18-32/h3-30H,1-2H3. The van der Waals surface area contributed by atoms with E-state index in [2.05, 4.69) is 172 Å². The Kier molecular flexibility index (Phi) is 6.84. The van der Waals surface area contributed by atoms with E-state index >= 15 is 0 Å². The van der Waals surface area contributed by atoms with Crippen molar-refractivity contribution in [2.24, 2.45) is 0 Å². The van der Waals surface area contributed by atoms with Gasteiger partial charge >= 0.3 is 0 Å². The van der Waals surface area contributed by atoms with Gasteiger partial charge in [0.05, 0.1) is 11.4 Å². The molecule has 0 fully saturated rings. The molecule has 7 aromatic carbocycles. The van der Waals surface area contributed by atoms with Gasteiger partial charge in [-0.3, -0.25) is 0 Å². The van der Waals surface area contributed by atoms with Crippen molar-refractivity contribution in [1.82, 2.24) is 9.97 Å². The van der Waals surface area contributed by atoms with Crippen LogP contribution >= 0.6 is 0 Å². The molecule has 8 aromatic rings. The zero-order valence-electron chi connectivity index (χ0n) is 27.6. The molecular weight excluding hydrogens is 593 g/mol. The van der Waals surface area contributed by atoms with Crippen molar-refractivity contribution in [2.45, 2.75) is 19.3 Å². The van der Waals surface area contributed by atoms with Gasteiger partial charge in [0.15, 0.2) is 5.82 Å². The van der Waals surface area contributed by atoms with Crippen LogP contribution in [0.25, 0.3) is 78.1 Å². The van der Waals surface area contributed by atoms with Gasteiger partial charge in [-0.1, -0.05) is 159 Å². The van der Waals surface area contributed by atoms with Crippen molar-refractivity contribution >= 4 is 10.8 Å². The number of nitrogens with zero attached hydrogens (tertiary/aromatic N) is 2. The van der Waals surface area contributed by atoms with Crippen LogP contribution in [-0.2, 0) is 5.41 Å². The van der Waals surface area contributed by atoms with Crippen LogP contribution in [0.15, 0.2) is 170 Å². The number of fused-ring (bicyclic) bond motifs is 5. The van der Waals surface area contributed by atoms with Crippen LogP contribution in [0.3, 0.4) is 0 Å². The normalized spacial score (nSPS) is 12.9. The molecule has 9 rings (SSSR count). The number of aromatic nitrogens is 2. The van der Waals surface area contributed by atoms with Crippen molar-refractivity contribution < 1.29 is 0 Å². The lowest BCUT2D eigenvalue weighted by Gasteiger charge is -2.24. The van der Waals surface area contributed by atoms with Crippen molar-refractivity contribution in [3.8, 4) is 67.3 Å². The second kappa shape index (κ2) is 11.5. The molecule has 0 bridgehead atoms. The Hall–Kier alpha value is -6.12. The quantitative estimate of drug-likeness (QED) is 0.190. The third-order valence-corrected chi connectivity index (χ3v) is 10.0. The summed E-state index contributed by atoms with van der Waals surface area (Å²) in [6.45, 7) is 4.74. The molecule has 1 aliphatic rings. The summed E-state index contributed by atoms with van der Waals surface area (Å²) >= 11 is 0. The lowest BCUT2D eigenvalue weighted by Crippen LogP contribution is -2.15. The molecule has 232 valence electrons. The minimum absolute atomic E-state index is 0.0969. The first-order valence-electron chi connectivity index (χ1n) is 16.9. The Bertz CT molecular complexity index is 2450. The molecule has 0 aliphatic heterocycles. The van der Waals surface area contributed by atoms with Gasteiger partial charge in [-0.15, -0.1) is 0 Å². The summed E-state index contributed by atoms with van der Waals surface area (Å²) in [6, 6.07) is 60.6. The van der Waals surface area contributed by atoms with Crippen LogP contribution in [0.4, 0.5) is 0 Å². The van der Waals surface area contributed by atoms with Crippen LogP contribution in [0.1, 0.15) is 25.0 Å². The number of hydrogen-bond acceptors (Lipinski definition) is 2. The highest BCUT2D eigenvalue weighted by molar-refractivity contribution is 6.05. The highest BCUT2D eigenvalue weighted by atomic mass is 14.9. The van der Waals surface area contributed by atoms with E-state index < -0.39 is 0 Å². The van der Waals surface area contributed by atoms with Crippen LogP contribution in [0.2, 0.25) is 0 Å². The number of rotatable bonds is 5. The predicted octanol–water partition coefficient (Wildman–Crippen LogP) is 12.3. The molecule has 0 saturated heterocycles. The second-order valence-electron chi connectivity index (χ2n) is 13.4. The predicted molar refractivity (Wildman–Crippen MR) is 204 cm³/mol. The topological polar surface area (TPSA) is 25.8 Å². The summed E-state index contributed by atoms with van der Waals surface area (Å²) in [4.78, 5) is 10.2. The third-order valence-electron chi connectivity index (χ3n) is 10.0. The molecular formula is C47H34N2. The molecule has 1 heterocycles. The molecule has 1 aliphatic carbocycles. The Morgan fingerprint density at radius 3 is 1.63 bits per heavy atom. The highest BCUT2D eigenvalue weighted by Gasteiger charge is 2.38. The number of hydrogen-bond donors (Lipinski definition) is 0. The van der Waals surface area contributed by atoms with E-state index in [1.165, 1.54) is 44.2 Å². The van der Waals surface area contributed by atoms with E-state index in [0.717, 1.165) is 39.2 Å². The summed E-state index contributed by atoms with van der Waals surface area (Å²) < 4.78 is 0. The third kappa shape index (κ3) is 4.96. The molecule has 0 unspecified atom stereocenters. The molecule has 2 heteroatoms. The smallest absolute Gasteiger partial charge is 0.160 e. The fourth-order valence-electron chi connectivity index (χ4n) is 7.68. The van der Waals surface area contributed by atoms with E-state index in [-0.39, 0.29) is 5.41 Å². The highest BCUT2D eigenvalue weighted by Crippen LogP contribution is 2.54. The lowest BCUT2D eigenvalue weighted by atomic mass is 9.79. The van der Waals surface area contributed by atoms with Crippen LogP contribution in [0, 0.1) is 0 Å². The van der Waals surface area contributed by atoms with Gasteiger partial charge in [0, 0.05) is 22.1 Å². The van der Waals surface area contributed by atoms with Crippen molar-refractivity contribution in [1.29, 1.82) is 0 Å². The summed E-state index contributed by atoms with van der Waals surface area (Å²) in [7, 11) is 0. The Labute approximate surface area is 287 Å². The minimum Gasteiger partial charge on any atom is -0.228 e. The molecule has 0 amide bonds. The molecule has 2 nitrogen and oxygen atoms in total. The van der Waals surface area contributed by atoms with Crippen molar-refractivity contribution in [2.75, 3.05) is 0 Å². The zero-order chi connectivity index (χ0) is 33.0. The van der Waals surface area contributed by atoms with Crippen LogP contribution < -0.4 is 0 Å². The maximum atomic E-state index is 5.09. The summed E-state index contributed by atoms with van der Waals surface area (Å²) in [6.07, 6.45) is 0. The van der Waals surface area contributed by atoms with Gasteiger partial charge in [0.2, 0.25) is 0 Å². The van der Waals surface area contributed by atoms with Crippen molar-refractivity contribution in [3.63, 3.8) is 0 Å². The fourth-order valence-corrected chi connectivity index (χ4v) is 7.68. The SMILES string of the molecule is CC1(C)c2ccccc2-c2c(-c3cccc(-c4cccc(-c5nc(-c6ccccc6)cc(-c6ccccc6)n5)c4)c3)cc3ccccc3c21. The monoisotopic (exact) mass is 626 g/mol. The molecule has 0 atom stereocenters. The van der Waals surface area contributed by atoms with Gasteiger partial charge in [0.1, 0.15) is 0 Å². The maximum Gasteiger partial charge on any atom is 0.160 e. The summed E-state index contributed by atoms with van der Waals surface area (Å²) in [5, 5.41) is 2.60. The average molecular weight is 627 g/mol. The Balaban J connectivity index is 1.18. The first-order valence-corrected chi connectivity index (χ1v) is 16.9. The van der Waals surface area contributed by atoms with Gasteiger partial charge in [-0.2, -0.15) is 0 Å². The Morgan fingerprint density at radius 2 is 0.939 bits per heavy atom. The van der Waals surface area contributed by atoms with E-state index in [9.17, 15) is 0 Å². The van der Waals surface area contributed by atoms with E-state index in [4.69, 9.17) is 9.97 Å². The Morgan fingerprint density at radius 1 is 0.408 bits per heavy atom. The van der Waals surface area contributed by atoms with Crippen LogP contribution in [-0.4, -0.2) is 9.97 Å². The molecule has 49 heavy (non-hydrogen) atoms. The first-order chi connectivity index (χ1) is 24.0. The lowest BCUT2D eigenvalue weighted by molar-refractivity contribution is 0.666. The van der Waals surface area contributed by atoms with Gasteiger partial charge < -0.3 is 0 Å². The van der Waals surface area contributed by atoms with Gasteiger partial charge in [-0.25, -0.2) is 9.97 Å². The van der Waals surface area contributed by atoms with E-state index in [1.807, 2.05) is 12.1 Å².